The first-order valence-electron chi connectivity index (χ1n) is 6.67. The maximum atomic E-state index is 5.33. The Morgan fingerprint density at radius 2 is 2.44 bits per heavy atom. The predicted octanol–water partition coefficient (Wildman–Crippen LogP) is 0.920. The molecule has 1 aliphatic rings. The zero-order valence-electron chi connectivity index (χ0n) is 11.6. The van der Waals surface area contributed by atoms with Crippen molar-refractivity contribution in [2.75, 3.05) is 34.2 Å². The molecular weight excluding hydrogens is 228 g/mol. The highest BCUT2D eigenvalue weighted by Gasteiger charge is 2.22. The average Bonchev–Trinajstić information content (AvgIpc) is 2.90. The van der Waals surface area contributed by atoms with Crippen LogP contribution in [0.15, 0.2) is 10.6 Å². The summed E-state index contributed by atoms with van der Waals surface area (Å²) in [7, 11) is 6.27. The number of hydrogen-bond acceptors (Lipinski definition) is 5. The van der Waals surface area contributed by atoms with Gasteiger partial charge in [-0.25, -0.2) is 0 Å². The fourth-order valence-electron chi connectivity index (χ4n) is 2.60. The van der Waals surface area contributed by atoms with Crippen LogP contribution in [0.5, 0.6) is 0 Å². The van der Waals surface area contributed by atoms with Crippen molar-refractivity contribution in [3.05, 3.63) is 17.5 Å². The second-order valence-electron chi connectivity index (χ2n) is 5.29. The highest BCUT2D eigenvalue weighted by Crippen LogP contribution is 2.16. The van der Waals surface area contributed by atoms with Gasteiger partial charge in [-0.2, -0.15) is 0 Å². The zero-order valence-corrected chi connectivity index (χ0v) is 11.6. The minimum atomic E-state index is 0.690. The van der Waals surface area contributed by atoms with Gasteiger partial charge in [0.15, 0.2) is 5.76 Å². The van der Waals surface area contributed by atoms with Crippen LogP contribution >= 0.6 is 0 Å². The first-order valence-corrected chi connectivity index (χ1v) is 6.67. The molecule has 5 nitrogen and oxygen atoms in total. The van der Waals surface area contributed by atoms with E-state index < -0.39 is 0 Å². The number of nitrogens with one attached hydrogen (secondary N) is 1. The molecule has 1 aromatic rings. The molecule has 1 atom stereocenters. The summed E-state index contributed by atoms with van der Waals surface area (Å²) in [6.45, 7) is 3.92. The molecule has 102 valence electrons. The molecule has 5 heteroatoms. The van der Waals surface area contributed by atoms with E-state index in [9.17, 15) is 0 Å². The largest absolute Gasteiger partial charge is 0.360 e. The summed E-state index contributed by atoms with van der Waals surface area (Å²) in [5, 5.41) is 7.10. The SMILES string of the molecule is CNCc1cc(CN(C)CC2CCCN2C)on1. The van der Waals surface area contributed by atoms with Gasteiger partial charge in [0.1, 0.15) is 0 Å². The highest BCUT2D eigenvalue weighted by atomic mass is 16.5. The molecule has 1 unspecified atom stereocenters. The van der Waals surface area contributed by atoms with Crippen LogP contribution in [-0.4, -0.2) is 55.2 Å². The van der Waals surface area contributed by atoms with E-state index in [0.717, 1.165) is 31.1 Å². The fraction of sp³-hybridized carbons (Fsp3) is 0.769. The Morgan fingerprint density at radius 1 is 1.61 bits per heavy atom. The minimum absolute atomic E-state index is 0.690. The normalized spacial score (nSPS) is 21.0. The molecule has 0 spiro atoms. The van der Waals surface area contributed by atoms with E-state index >= 15 is 0 Å². The fourth-order valence-corrected chi connectivity index (χ4v) is 2.60. The second kappa shape index (κ2) is 6.31. The van der Waals surface area contributed by atoms with Gasteiger partial charge in [0.2, 0.25) is 0 Å². The Kier molecular flexibility index (Phi) is 4.74. The van der Waals surface area contributed by atoms with Crippen LogP contribution in [-0.2, 0) is 13.1 Å². The van der Waals surface area contributed by atoms with Crippen molar-refractivity contribution in [3.63, 3.8) is 0 Å². The monoisotopic (exact) mass is 252 g/mol. The van der Waals surface area contributed by atoms with Crippen molar-refractivity contribution in [2.24, 2.45) is 0 Å². The lowest BCUT2D eigenvalue weighted by molar-refractivity contribution is 0.200. The molecule has 1 N–H and O–H groups in total. The van der Waals surface area contributed by atoms with Crippen LogP contribution in [0.2, 0.25) is 0 Å². The summed E-state index contributed by atoms with van der Waals surface area (Å²) < 4.78 is 5.33. The molecule has 0 saturated carbocycles. The summed E-state index contributed by atoms with van der Waals surface area (Å²) in [6.07, 6.45) is 2.63. The molecule has 0 amide bonds. The standard InChI is InChI=1S/C13H24N4O/c1-14-8-11-7-13(18-15-11)10-16(2)9-12-5-4-6-17(12)3/h7,12,14H,4-6,8-10H2,1-3H3. The quantitative estimate of drug-likeness (QED) is 0.815. The van der Waals surface area contributed by atoms with Crippen molar-refractivity contribution in [3.8, 4) is 0 Å². The van der Waals surface area contributed by atoms with Crippen LogP contribution in [0, 0.1) is 0 Å². The first kappa shape index (κ1) is 13.5. The molecule has 0 aliphatic carbocycles. The number of likely N-dealkylation sites (tertiary alicyclic amines) is 1. The Bertz CT molecular complexity index is 366. The lowest BCUT2D eigenvalue weighted by atomic mass is 10.2. The summed E-state index contributed by atoms with van der Waals surface area (Å²) in [6, 6.07) is 2.72. The van der Waals surface area contributed by atoms with Crippen molar-refractivity contribution < 1.29 is 4.52 Å². The average molecular weight is 252 g/mol. The highest BCUT2D eigenvalue weighted by molar-refractivity contribution is 5.05. The van der Waals surface area contributed by atoms with E-state index in [1.807, 2.05) is 13.1 Å². The van der Waals surface area contributed by atoms with Gasteiger partial charge in [0.05, 0.1) is 12.2 Å². The van der Waals surface area contributed by atoms with E-state index in [0.29, 0.717) is 6.04 Å². The van der Waals surface area contributed by atoms with Gasteiger partial charge < -0.3 is 14.7 Å². The van der Waals surface area contributed by atoms with Crippen molar-refractivity contribution in [2.45, 2.75) is 32.0 Å². The Balaban J connectivity index is 1.80. The number of rotatable bonds is 6. The maximum absolute atomic E-state index is 5.33. The maximum Gasteiger partial charge on any atom is 0.151 e. The Morgan fingerprint density at radius 3 is 3.11 bits per heavy atom. The molecule has 1 aromatic heterocycles. The van der Waals surface area contributed by atoms with Gasteiger partial charge >= 0.3 is 0 Å². The molecule has 0 radical (unpaired) electrons. The third-order valence-electron chi connectivity index (χ3n) is 3.59. The van der Waals surface area contributed by atoms with Crippen molar-refractivity contribution >= 4 is 0 Å². The van der Waals surface area contributed by atoms with Crippen LogP contribution in [0.3, 0.4) is 0 Å². The second-order valence-corrected chi connectivity index (χ2v) is 5.29. The number of likely N-dealkylation sites (N-methyl/N-ethyl adjacent to an activating group) is 2. The van der Waals surface area contributed by atoms with Gasteiger partial charge in [-0.15, -0.1) is 0 Å². The molecule has 0 aromatic carbocycles. The topological polar surface area (TPSA) is 44.5 Å². The Hall–Kier alpha value is -0.910. The van der Waals surface area contributed by atoms with E-state index in [1.165, 1.54) is 19.4 Å². The molecule has 0 bridgehead atoms. The summed E-state index contributed by atoms with van der Waals surface area (Å²) in [5.74, 6) is 0.948. The third kappa shape index (κ3) is 3.54. The first-order chi connectivity index (χ1) is 8.69. The smallest absolute Gasteiger partial charge is 0.151 e. The van der Waals surface area contributed by atoms with Crippen LogP contribution in [0.25, 0.3) is 0 Å². The molecule has 2 rings (SSSR count). The Labute approximate surface area is 109 Å². The van der Waals surface area contributed by atoms with E-state index in [4.69, 9.17) is 4.52 Å². The summed E-state index contributed by atoms with van der Waals surface area (Å²) >= 11 is 0. The summed E-state index contributed by atoms with van der Waals surface area (Å²) in [5.41, 5.74) is 0.971. The van der Waals surface area contributed by atoms with Crippen molar-refractivity contribution in [1.29, 1.82) is 0 Å². The number of aromatic nitrogens is 1. The van der Waals surface area contributed by atoms with Gasteiger partial charge in [0.25, 0.3) is 0 Å². The molecular formula is C13H24N4O. The molecule has 1 fully saturated rings. The number of nitrogens with zero attached hydrogens (tertiary/aromatic N) is 3. The zero-order chi connectivity index (χ0) is 13.0. The van der Waals surface area contributed by atoms with Gasteiger partial charge in [-0.3, -0.25) is 4.90 Å². The summed E-state index contributed by atoms with van der Waals surface area (Å²) in [4.78, 5) is 4.76. The number of hydrogen-bond donors (Lipinski definition) is 1. The molecule has 18 heavy (non-hydrogen) atoms. The lowest BCUT2D eigenvalue weighted by Gasteiger charge is -2.24. The van der Waals surface area contributed by atoms with E-state index in [-0.39, 0.29) is 0 Å². The molecule has 1 aliphatic heterocycles. The lowest BCUT2D eigenvalue weighted by Crippen LogP contribution is -2.36. The third-order valence-corrected chi connectivity index (χ3v) is 3.59. The van der Waals surface area contributed by atoms with Crippen LogP contribution < -0.4 is 5.32 Å². The van der Waals surface area contributed by atoms with Crippen LogP contribution in [0.4, 0.5) is 0 Å². The van der Waals surface area contributed by atoms with Gasteiger partial charge in [-0.1, -0.05) is 5.16 Å². The predicted molar refractivity (Wildman–Crippen MR) is 71.3 cm³/mol. The van der Waals surface area contributed by atoms with E-state index in [2.05, 4.69) is 34.4 Å². The van der Waals surface area contributed by atoms with Crippen LogP contribution in [0.1, 0.15) is 24.3 Å². The molecule has 2 heterocycles. The van der Waals surface area contributed by atoms with Gasteiger partial charge in [0, 0.05) is 25.2 Å². The minimum Gasteiger partial charge on any atom is -0.360 e. The van der Waals surface area contributed by atoms with E-state index in [1.54, 1.807) is 0 Å². The molecule has 1 saturated heterocycles. The van der Waals surface area contributed by atoms with Crippen molar-refractivity contribution in [1.82, 2.24) is 20.3 Å². The van der Waals surface area contributed by atoms with Gasteiger partial charge in [-0.05, 0) is 40.5 Å².